The molecule has 0 aromatic heterocycles. The molecule has 1 atom stereocenters. The molecule has 0 saturated carbocycles. The van der Waals surface area contributed by atoms with Crippen LogP contribution < -0.4 is 10.2 Å². The molecule has 0 aliphatic carbocycles. The Labute approximate surface area is 151 Å². The van der Waals surface area contributed by atoms with E-state index in [0.717, 1.165) is 16.8 Å². The van der Waals surface area contributed by atoms with Gasteiger partial charge in [0.05, 0.1) is 11.5 Å². The van der Waals surface area contributed by atoms with Gasteiger partial charge in [0.2, 0.25) is 11.8 Å². The van der Waals surface area contributed by atoms with Crippen LogP contribution in [-0.4, -0.2) is 29.4 Å². The standard InChI is InChI=1S/C20H20N2O4/c1-12-3-4-13(2)17(9-12)22-11-15(10-18(22)23)19(24)21-16-7-5-14(6-8-16)20(25)26/h3-9,15H,10-11H2,1-2H3,(H,21,24)(H,25,26)/t15-/m0/s1. The van der Waals surface area contributed by atoms with Gasteiger partial charge in [-0.1, -0.05) is 12.1 Å². The minimum absolute atomic E-state index is 0.0694. The fourth-order valence-electron chi connectivity index (χ4n) is 3.07. The van der Waals surface area contributed by atoms with Crippen molar-refractivity contribution in [3.8, 4) is 0 Å². The number of hydrogen-bond donors (Lipinski definition) is 2. The molecule has 1 aliphatic rings. The van der Waals surface area contributed by atoms with Gasteiger partial charge in [-0.15, -0.1) is 0 Å². The van der Waals surface area contributed by atoms with Crippen LogP contribution in [0.4, 0.5) is 11.4 Å². The summed E-state index contributed by atoms with van der Waals surface area (Å²) in [5, 5.41) is 11.7. The molecule has 26 heavy (non-hydrogen) atoms. The molecule has 2 N–H and O–H groups in total. The highest BCUT2D eigenvalue weighted by Gasteiger charge is 2.35. The van der Waals surface area contributed by atoms with E-state index in [4.69, 9.17) is 5.11 Å². The van der Waals surface area contributed by atoms with E-state index in [1.54, 1.807) is 17.0 Å². The molecule has 6 nitrogen and oxygen atoms in total. The molecule has 6 heteroatoms. The average molecular weight is 352 g/mol. The quantitative estimate of drug-likeness (QED) is 0.886. The number of amides is 2. The monoisotopic (exact) mass is 352 g/mol. The largest absolute Gasteiger partial charge is 0.478 e. The van der Waals surface area contributed by atoms with Crippen molar-refractivity contribution in [3.05, 3.63) is 59.2 Å². The summed E-state index contributed by atoms with van der Waals surface area (Å²) in [5.41, 5.74) is 3.56. The Morgan fingerprint density at radius 1 is 1.12 bits per heavy atom. The van der Waals surface area contributed by atoms with Gasteiger partial charge >= 0.3 is 5.97 Å². The topological polar surface area (TPSA) is 86.7 Å². The van der Waals surface area contributed by atoms with Crippen molar-refractivity contribution in [3.63, 3.8) is 0 Å². The van der Waals surface area contributed by atoms with Crippen LogP contribution >= 0.6 is 0 Å². The Kier molecular flexibility index (Phi) is 4.75. The Bertz CT molecular complexity index is 874. The number of carboxylic acid groups (broad SMARTS) is 1. The molecule has 0 radical (unpaired) electrons. The molecule has 2 aromatic carbocycles. The third-order valence-corrected chi connectivity index (χ3v) is 4.55. The smallest absolute Gasteiger partial charge is 0.335 e. The van der Waals surface area contributed by atoms with Gasteiger partial charge in [0.25, 0.3) is 0 Å². The van der Waals surface area contributed by atoms with Crippen LogP contribution in [0.25, 0.3) is 0 Å². The number of anilines is 2. The number of nitrogens with zero attached hydrogens (tertiary/aromatic N) is 1. The lowest BCUT2D eigenvalue weighted by Gasteiger charge is -2.19. The van der Waals surface area contributed by atoms with Crippen LogP contribution in [0.1, 0.15) is 27.9 Å². The Hall–Kier alpha value is -3.15. The fraction of sp³-hybridized carbons (Fsp3) is 0.250. The lowest BCUT2D eigenvalue weighted by molar-refractivity contribution is -0.122. The molecule has 134 valence electrons. The van der Waals surface area contributed by atoms with Gasteiger partial charge in [-0.2, -0.15) is 0 Å². The second-order valence-electron chi connectivity index (χ2n) is 6.57. The number of rotatable bonds is 4. The van der Waals surface area contributed by atoms with Crippen molar-refractivity contribution in [2.45, 2.75) is 20.3 Å². The molecule has 1 fully saturated rings. The third kappa shape index (κ3) is 3.59. The summed E-state index contributed by atoms with van der Waals surface area (Å²) in [6.45, 7) is 4.25. The molecule has 1 heterocycles. The minimum atomic E-state index is -1.02. The average Bonchev–Trinajstić information content (AvgIpc) is 2.99. The van der Waals surface area contributed by atoms with E-state index in [1.807, 2.05) is 32.0 Å². The third-order valence-electron chi connectivity index (χ3n) is 4.55. The molecule has 2 amide bonds. The molecule has 3 rings (SSSR count). The number of carboxylic acids is 1. The van der Waals surface area contributed by atoms with Gasteiger partial charge in [-0.05, 0) is 55.3 Å². The number of aromatic carboxylic acids is 1. The van der Waals surface area contributed by atoms with Crippen LogP contribution in [0.3, 0.4) is 0 Å². The van der Waals surface area contributed by atoms with Crippen LogP contribution in [-0.2, 0) is 9.59 Å². The van der Waals surface area contributed by atoms with Crippen LogP contribution in [0.2, 0.25) is 0 Å². The first kappa shape index (κ1) is 17.7. The van der Waals surface area contributed by atoms with Crippen molar-refractivity contribution in [2.75, 3.05) is 16.8 Å². The first-order valence-electron chi connectivity index (χ1n) is 8.37. The first-order chi connectivity index (χ1) is 12.3. The van der Waals surface area contributed by atoms with E-state index in [2.05, 4.69) is 5.32 Å². The van der Waals surface area contributed by atoms with E-state index >= 15 is 0 Å². The predicted octanol–water partition coefficient (Wildman–Crippen LogP) is 2.99. The lowest BCUT2D eigenvalue weighted by atomic mass is 10.1. The summed E-state index contributed by atoms with van der Waals surface area (Å²) in [5.74, 6) is -1.77. The Balaban J connectivity index is 1.70. The summed E-state index contributed by atoms with van der Waals surface area (Å²) < 4.78 is 0. The van der Waals surface area contributed by atoms with Crippen molar-refractivity contribution in [1.82, 2.24) is 0 Å². The number of carbonyl (C=O) groups is 3. The molecule has 0 unspecified atom stereocenters. The maximum Gasteiger partial charge on any atom is 0.335 e. The number of benzene rings is 2. The number of hydrogen-bond acceptors (Lipinski definition) is 3. The number of carbonyl (C=O) groups excluding carboxylic acids is 2. The van der Waals surface area contributed by atoms with E-state index < -0.39 is 11.9 Å². The second-order valence-corrected chi connectivity index (χ2v) is 6.57. The van der Waals surface area contributed by atoms with Crippen molar-refractivity contribution >= 4 is 29.2 Å². The highest BCUT2D eigenvalue weighted by molar-refractivity contribution is 6.04. The highest BCUT2D eigenvalue weighted by atomic mass is 16.4. The summed E-state index contributed by atoms with van der Waals surface area (Å²) in [6.07, 6.45) is 0.159. The van der Waals surface area contributed by atoms with Crippen molar-refractivity contribution in [2.24, 2.45) is 5.92 Å². The van der Waals surface area contributed by atoms with E-state index in [9.17, 15) is 14.4 Å². The summed E-state index contributed by atoms with van der Waals surface area (Å²) >= 11 is 0. The Morgan fingerprint density at radius 2 is 1.81 bits per heavy atom. The predicted molar refractivity (Wildman–Crippen MR) is 98.4 cm³/mol. The van der Waals surface area contributed by atoms with E-state index in [-0.39, 0.29) is 23.8 Å². The van der Waals surface area contributed by atoms with Crippen LogP contribution in [0.5, 0.6) is 0 Å². The van der Waals surface area contributed by atoms with Crippen LogP contribution in [0, 0.1) is 19.8 Å². The van der Waals surface area contributed by atoms with Gasteiger partial charge < -0.3 is 15.3 Å². The number of aryl methyl sites for hydroxylation is 2. The summed E-state index contributed by atoms with van der Waals surface area (Å²) in [7, 11) is 0. The van der Waals surface area contributed by atoms with Gasteiger partial charge in [-0.25, -0.2) is 4.79 Å². The lowest BCUT2D eigenvalue weighted by Crippen LogP contribution is -2.28. The maximum atomic E-state index is 12.5. The maximum absolute atomic E-state index is 12.5. The highest BCUT2D eigenvalue weighted by Crippen LogP contribution is 2.29. The Morgan fingerprint density at radius 3 is 2.46 bits per heavy atom. The molecule has 0 bridgehead atoms. The first-order valence-corrected chi connectivity index (χ1v) is 8.37. The van der Waals surface area contributed by atoms with E-state index in [0.29, 0.717) is 12.2 Å². The van der Waals surface area contributed by atoms with Crippen molar-refractivity contribution < 1.29 is 19.5 Å². The van der Waals surface area contributed by atoms with E-state index in [1.165, 1.54) is 12.1 Å². The normalized spacial score (nSPS) is 16.6. The molecule has 2 aromatic rings. The zero-order valence-electron chi connectivity index (χ0n) is 14.7. The fourth-order valence-corrected chi connectivity index (χ4v) is 3.07. The molecule has 1 aliphatic heterocycles. The number of nitrogens with one attached hydrogen (secondary N) is 1. The summed E-state index contributed by atoms with van der Waals surface area (Å²) in [4.78, 5) is 37.4. The molecule has 0 spiro atoms. The SMILES string of the molecule is Cc1ccc(C)c(N2C[C@@H](C(=O)Nc3ccc(C(=O)O)cc3)CC2=O)c1. The molecule has 1 saturated heterocycles. The van der Waals surface area contributed by atoms with Gasteiger partial charge in [0, 0.05) is 24.3 Å². The second kappa shape index (κ2) is 7.00. The summed E-state index contributed by atoms with van der Waals surface area (Å²) in [6, 6.07) is 11.9. The van der Waals surface area contributed by atoms with Gasteiger partial charge in [0.15, 0.2) is 0 Å². The minimum Gasteiger partial charge on any atom is -0.478 e. The molecular weight excluding hydrogens is 332 g/mol. The zero-order chi connectivity index (χ0) is 18.8. The van der Waals surface area contributed by atoms with Gasteiger partial charge in [-0.3, -0.25) is 9.59 Å². The van der Waals surface area contributed by atoms with Crippen molar-refractivity contribution in [1.29, 1.82) is 0 Å². The zero-order valence-corrected chi connectivity index (χ0v) is 14.7. The van der Waals surface area contributed by atoms with Gasteiger partial charge in [0.1, 0.15) is 0 Å². The van der Waals surface area contributed by atoms with Crippen LogP contribution in [0.15, 0.2) is 42.5 Å². The molecular formula is C20H20N2O4.